The number of hydrogen-bond donors (Lipinski definition) is 1. The molecule has 1 fully saturated rings. The van der Waals surface area contributed by atoms with Crippen LogP contribution in [-0.4, -0.2) is 60.3 Å². The van der Waals surface area contributed by atoms with Crippen LogP contribution in [-0.2, 0) is 23.8 Å². The molecule has 8 nitrogen and oxygen atoms in total. The maximum atomic E-state index is 12.3. The third-order valence-electron chi connectivity index (χ3n) is 2.72. The molecule has 23 heavy (non-hydrogen) atoms. The first kappa shape index (κ1) is 19.5. The zero-order valence-corrected chi connectivity index (χ0v) is 13.3. The number of carboxylic acids is 1. The number of likely N-dealkylation sites (tertiary alicyclic amines) is 1. The fourth-order valence-electron chi connectivity index (χ4n) is 1.86. The predicted octanol–water partition coefficient (Wildman–Crippen LogP) is 1.32. The summed E-state index contributed by atoms with van der Waals surface area (Å²) < 4.78 is 67.7. The number of amides is 1. The number of aliphatic carboxylic acids is 1. The van der Waals surface area contributed by atoms with Crippen molar-refractivity contribution in [3.63, 3.8) is 0 Å². The lowest BCUT2D eigenvalue weighted by atomic mass is 10.2. The molecule has 1 amide bonds. The smallest absolute Gasteiger partial charge is 0.480 e. The van der Waals surface area contributed by atoms with E-state index in [-0.39, 0.29) is 0 Å². The zero-order valence-electron chi connectivity index (χ0n) is 12.5. The van der Waals surface area contributed by atoms with Crippen LogP contribution in [0.2, 0.25) is 0 Å². The van der Waals surface area contributed by atoms with Crippen LogP contribution < -0.4 is 0 Å². The average Bonchev–Trinajstić information content (AvgIpc) is 2.68. The van der Waals surface area contributed by atoms with Gasteiger partial charge in [0, 0.05) is 6.42 Å². The van der Waals surface area contributed by atoms with E-state index in [0.717, 1.165) is 0 Å². The molecule has 0 radical (unpaired) electrons. The summed E-state index contributed by atoms with van der Waals surface area (Å²) in [5, 5.41) is 9.03. The van der Waals surface area contributed by atoms with Gasteiger partial charge in [-0.3, -0.25) is 9.08 Å². The van der Waals surface area contributed by atoms with Gasteiger partial charge < -0.3 is 9.84 Å². The summed E-state index contributed by atoms with van der Waals surface area (Å²) in [5.41, 5.74) is -6.60. The van der Waals surface area contributed by atoms with Crippen molar-refractivity contribution in [2.75, 3.05) is 6.54 Å². The van der Waals surface area contributed by atoms with E-state index in [0.29, 0.717) is 4.90 Å². The number of hydrogen-bond acceptors (Lipinski definition) is 6. The van der Waals surface area contributed by atoms with Crippen molar-refractivity contribution < 1.29 is 45.2 Å². The van der Waals surface area contributed by atoms with Gasteiger partial charge in [-0.2, -0.15) is 21.6 Å². The van der Waals surface area contributed by atoms with Crippen LogP contribution in [0.3, 0.4) is 0 Å². The molecule has 0 saturated carbocycles. The Morgan fingerprint density at radius 3 is 2.13 bits per heavy atom. The first-order valence-electron chi connectivity index (χ1n) is 6.36. The highest BCUT2D eigenvalue weighted by atomic mass is 32.2. The largest absolute Gasteiger partial charge is 0.523 e. The first-order chi connectivity index (χ1) is 10.1. The Hall–Kier alpha value is -1.56. The number of ether oxygens (including phenoxy) is 1. The molecule has 0 aromatic carbocycles. The number of carbonyl (C=O) groups is 2. The van der Waals surface area contributed by atoms with Gasteiger partial charge in [-0.15, -0.1) is 0 Å². The fourth-order valence-corrected chi connectivity index (χ4v) is 2.46. The van der Waals surface area contributed by atoms with Crippen LogP contribution in [0.15, 0.2) is 0 Å². The molecule has 0 aromatic heterocycles. The highest BCUT2D eigenvalue weighted by molar-refractivity contribution is 7.87. The number of rotatable bonds is 3. The number of nitrogens with zero attached hydrogens (tertiary/aromatic N) is 1. The van der Waals surface area contributed by atoms with E-state index in [2.05, 4.69) is 4.18 Å². The molecule has 12 heteroatoms. The number of alkyl halides is 3. The van der Waals surface area contributed by atoms with Crippen molar-refractivity contribution >= 4 is 22.2 Å². The Kier molecular flexibility index (Phi) is 5.21. The van der Waals surface area contributed by atoms with Crippen LogP contribution in [0.4, 0.5) is 18.0 Å². The van der Waals surface area contributed by atoms with Gasteiger partial charge in [0.1, 0.15) is 11.6 Å². The van der Waals surface area contributed by atoms with Gasteiger partial charge in [0.2, 0.25) is 0 Å². The fraction of sp³-hybridized carbons (Fsp3) is 0.818. The maximum absolute atomic E-state index is 12.3. The van der Waals surface area contributed by atoms with E-state index < -0.39 is 58.4 Å². The Morgan fingerprint density at radius 2 is 1.74 bits per heavy atom. The highest BCUT2D eigenvalue weighted by Gasteiger charge is 2.51. The van der Waals surface area contributed by atoms with Crippen molar-refractivity contribution in [2.45, 2.75) is 50.4 Å². The second kappa shape index (κ2) is 6.15. The third kappa shape index (κ3) is 4.96. The minimum Gasteiger partial charge on any atom is -0.480 e. The monoisotopic (exact) mass is 363 g/mol. The van der Waals surface area contributed by atoms with Crippen molar-refractivity contribution in [3.05, 3.63) is 0 Å². The molecule has 2 atom stereocenters. The van der Waals surface area contributed by atoms with Crippen LogP contribution in [0.25, 0.3) is 0 Å². The Labute approximate surface area is 130 Å². The van der Waals surface area contributed by atoms with E-state index >= 15 is 0 Å². The summed E-state index contributed by atoms with van der Waals surface area (Å²) in [5.74, 6) is -1.51. The minimum atomic E-state index is -5.89. The predicted molar refractivity (Wildman–Crippen MR) is 68.8 cm³/mol. The Morgan fingerprint density at radius 1 is 1.22 bits per heavy atom. The normalized spacial score (nSPS) is 23.0. The summed E-state index contributed by atoms with van der Waals surface area (Å²) in [4.78, 5) is 23.6. The molecular formula is C11H16F3NO7S. The molecular weight excluding hydrogens is 347 g/mol. The lowest BCUT2D eigenvalue weighted by Crippen LogP contribution is -2.43. The second-order valence-electron chi connectivity index (χ2n) is 5.84. The van der Waals surface area contributed by atoms with Crippen molar-refractivity contribution in [3.8, 4) is 0 Å². The van der Waals surface area contributed by atoms with Gasteiger partial charge in [0.05, 0.1) is 12.6 Å². The van der Waals surface area contributed by atoms with E-state index in [9.17, 15) is 31.2 Å². The molecule has 0 bridgehead atoms. The van der Waals surface area contributed by atoms with Gasteiger partial charge in [-0.05, 0) is 20.8 Å². The van der Waals surface area contributed by atoms with Crippen molar-refractivity contribution in [1.29, 1.82) is 0 Å². The SMILES string of the molecule is CC(C)(C)OC(=O)N1C[C@H](OS(=O)(=O)C(F)(F)F)C[C@H]1C(=O)O. The highest BCUT2D eigenvalue weighted by Crippen LogP contribution is 2.30. The zero-order chi connectivity index (χ0) is 18.2. The van der Waals surface area contributed by atoms with Crippen LogP contribution in [0.1, 0.15) is 27.2 Å². The van der Waals surface area contributed by atoms with Crippen LogP contribution in [0, 0.1) is 0 Å². The molecule has 1 heterocycles. The quantitative estimate of drug-likeness (QED) is 0.595. The molecule has 1 aliphatic heterocycles. The van der Waals surface area contributed by atoms with E-state index in [1.807, 2.05) is 0 Å². The Balaban J connectivity index is 2.91. The van der Waals surface area contributed by atoms with Crippen LogP contribution in [0.5, 0.6) is 0 Å². The number of carbonyl (C=O) groups excluding carboxylic acids is 1. The molecule has 1 rings (SSSR count). The van der Waals surface area contributed by atoms with Gasteiger partial charge in [0.15, 0.2) is 0 Å². The lowest BCUT2D eigenvalue weighted by Gasteiger charge is -2.26. The van der Waals surface area contributed by atoms with Gasteiger partial charge in [-0.25, -0.2) is 9.59 Å². The van der Waals surface area contributed by atoms with Crippen molar-refractivity contribution in [2.24, 2.45) is 0 Å². The van der Waals surface area contributed by atoms with Gasteiger partial charge in [0.25, 0.3) is 0 Å². The third-order valence-corrected chi connectivity index (χ3v) is 3.81. The van der Waals surface area contributed by atoms with Crippen LogP contribution >= 0.6 is 0 Å². The lowest BCUT2D eigenvalue weighted by molar-refractivity contribution is -0.142. The van der Waals surface area contributed by atoms with Crippen molar-refractivity contribution in [1.82, 2.24) is 4.90 Å². The second-order valence-corrected chi connectivity index (χ2v) is 7.40. The molecule has 0 aliphatic carbocycles. The molecule has 134 valence electrons. The van der Waals surface area contributed by atoms with Gasteiger partial charge in [-0.1, -0.05) is 0 Å². The first-order valence-corrected chi connectivity index (χ1v) is 7.77. The summed E-state index contributed by atoms with van der Waals surface area (Å²) >= 11 is 0. The molecule has 0 spiro atoms. The minimum absolute atomic E-state index is 0.607. The maximum Gasteiger partial charge on any atom is 0.523 e. The number of halogens is 3. The molecule has 0 unspecified atom stereocenters. The average molecular weight is 363 g/mol. The van der Waals surface area contributed by atoms with E-state index in [1.165, 1.54) is 20.8 Å². The summed E-state index contributed by atoms with van der Waals surface area (Å²) in [6.45, 7) is 3.89. The van der Waals surface area contributed by atoms with Gasteiger partial charge >= 0.3 is 27.7 Å². The summed E-state index contributed by atoms with van der Waals surface area (Å²) in [6.07, 6.45) is -3.32. The van der Waals surface area contributed by atoms with E-state index in [4.69, 9.17) is 9.84 Å². The summed E-state index contributed by atoms with van der Waals surface area (Å²) in [7, 11) is -5.89. The molecule has 1 N–H and O–H groups in total. The molecule has 1 saturated heterocycles. The number of carboxylic acid groups (broad SMARTS) is 1. The summed E-state index contributed by atoms with van der Waals surface area (Å²) in [6, 6.07) is -1.54. The Bertz CT molecular complexity index is 581. The topological polar surface area (TPSA) is 110 Å². The molecule has 1 aliphatic rings. The molecule has 0 aromatic rings. The van der Waals surface area contributed by atoms with E-state index in [1.54, 1.807) is 0 Å². The standard InChI is InChI=1S/C11H16F3NO7S/c1-10(2,3)21-9(18)15-5-6(4-7(15)8(16)17)22-23(19,20)11(12,13)14/h6-7H,4-5H2,1-3H3,(H,16,17)/t6-,7+/m1/s1.